The van der Waals surface area contributed by atoms with Crippen molar-refractivity contribution < 1.29 is 0 Å². The number of nitrogens with zero attached hydrogens (tertiary/aromatic N) is 3. The fraction of sp³-hybridized carbons (Fsp3) is 0.333. The molecule has 3 nitrogen and oxygen atoms in total. The summed E-state index contributed by atoms with van der Waals surface area (Å²) in [6.07, 6.45) is 0. The molecule has 0 aliphatic carbocycles. The molecule has 2 rings (SSSR count). The summed E-state index contributed by atoms with van der Waals surface area (Å²) in [7, 11) is 0. The Labute approximate surface area is 127 Å². The van der Waals surface area contributed by atoms with Gasteiger partial charge in [0, 0.05) is 18.8 Å². The minimum absolute atomic E-state index is 0.618. The van der Waals surface area contributed by atoms with E-state index in [0.717, 1.165) is 24.3 Å². The van der Waals surface area contributed by atoms with E-state index in [0.29, 0.717) is 6.54 Å². The van der Waals surface area contributed by atoms with Crippen molar-refractivity contribution in [1.29, 1.82) is 0 Å². The fourth-order valence-electron chi connectivity index (χ4n) is 2.27. The molecule has 3 heteroatoms. The first kappa shape index (κ1) is 15.2. The molecule has 0 saturated carbocycles. The van der Waals surface area contributed by atoms with Crippen molar-refractivity contribution in [3.8, 4) is 0 Å². The van der Waals surface area contributed by atoms with Crippen LogP contribution in [0.3, 0.4) is 0 Å². The summed E-state index contributed by atoms with van der Waals surface area (Å²) in [6.45, 7) is 9.08. The third-order valence-corrected chi connectivity index (χ3v) is 3.61. The number of rotatable bonds is 6. The molecule has 0 atom stereocenters. The van der Waals surface area contributed by atoms with E-state index in [2.05, 4.69) is 53.2 Å². The molecular weight excluding hydrogens is 258 g/mol. The molecule has 0 aliphatic rings. The van der Waals surface area contributed by atoms with Crippen LogP contribution < -0.4 is 4.90 Å². The minimum atomic E-state index is 0.618. The van der Waals surface area contributed by atoms with Gasteiger partial charge in [-0.2, -0.15) is 10.2 Å². The Morgan fingerprint density at radius 1 is 0.905 bits per heavy atom. The predicted molar refractivity (Wildman–Crippen MR) is 89.4 cm³/mol. The van der Waals surface area contributed by atoms with E-state index >= 15 is 0 Å². The van der Waals surface area contributed by atoms with Gasteiger partial charge in [0.15, 0.2) is 0 Å². The minimum Gasteiger partial charge on any atom is -0.372 e. The lowest BCUT2D eigenvalue weighted by Gasteiger charge is -2.20. The van der Waals surface area contributed by atoms with Crippen molar-refractivity contribution in [3.63, 3.8) is 0 Å². The van der Waals surface area contributed by atoms with Crippen molar-refractivity contribution in [3.05, 3.63) is 59.7 Å². The molecule has 0 fully saturated rings. The highest BCUT2D eigenvalue weighted by atomic mass is 15.1. The van der Waals surface area contributed by atoms with Crippen LogP contribution in [0.2, 0.25) is 0 Å². The molecule has 0 aromatic heterocycles. The summed E-state index contributed by atoms with van der Waals surface area (Å²) in [5.41, 5.74) is 4.54. The number of anilines is 1. The van der Waals surface area contributed by atoms with Crippen molar-refractivity contribution in [2.75, 3.05) is 18.0 Å². The average molecular weight is 281 g/mol. The molecule has 0 heterocycles. The molecule has 110 valence electrons. The second-order valence-corrected chi connectivity index (χ2v) is 5.02. The Morgan fingerprint density at radius 3 is 2.19 bits per heavy atom. The highest BCUT2D eigenvalue weighted by Gasteiger charge is 2.01. The Morgan fingerprint density at radius 2 is 1.57 bits per heavy atom. The van der Waals surface area contributed by atoms with E-state index in [1.165, 1.54) is 11.3 Å². The highest BCUT2D eigenvalue weighted by molar-refractivity contribution is 5.47. The van der Waals surface area contributed by atoms with Crippen molar-refractivity contribution in [2.45, 2.75) is 27.3 Å². The van der Waals surface area contributed by atoms with Gasteiger partial charge >= 0.3 is 0 Å². The van der Waals surface area contributed by atoms with Crippen LogP contribution in [0.4, 0.5) is 11.4 Å². The lowest BCUT2D eigenvalue weighted by atomic mass is 10.2. The number of hydrogen-bond acceptors (Lipinski definition) is 3. The Bertz CT molecular complexity index is 584. The van der Waals surface area contributed by atoms with Crippen LogP contribution in [0.25, 0.3) is 0 Å². The summed E-state index contributed by atoms with van der Waals surface area (Å²) in [4.78, 5) is 2.33. The normalized spacial score (nSPS) is 11.0. The van der Waals surface area contributed by atoms with Gasteiger partial charge in [0.25, 0.3) is 0 Å². The van der Waals surface area contributed by atoms with Crippen LogP contribution in [-0.2, 0) is 6.54 Å². The third-order valence-electron chi connectivity index (χ3n) is 3.61. The second-order valence-electron chi connectivity index (χ2n) is 5.02. The van der Waals surface area contributed by atoms with E-state index in [-0.39, 0.29) is 0 Å². The molecular formula is C18H23N3. The van der Waals surface area contributed by atoms with Crippen LogP contribution in [0, 0.1) is 6.92 Å². The molecule has 2 aromatic rings. The number of aryl methyl sites for hydroxylation is 1. The van der Waals surface area contributed by atoms with E-state index in [1.807, 2.05) is 31.2 Å². The summed E-state index contributed by atoms with van der Waals surface area (Å²) in [5.74, 6) is 0. The molecule has 0 radical (unpaired) electrons. The number of benzene rings is 2. The summed E-state index contributed by atoms with van der Waals surface area (Å²) < 4.78 is 0. The Hall–Kier alpha value is -2.16. The number of hydrogen-bond donors (Lipinski definition) is 0. The molecule has 0 spiro atoms. The summed E-state index contributed by atoms with van der Waals surface area (Å²) in [5, 5.41) is 8.60. The van der Waals surface area contributed by atoms with Crippen LogP contribution in [0.1, 0.15) is 25.0 Å². The highest BCUT2D eigenvalue weighted by Crippen LogP contribution is 2.19. The van der Waals surface area contributed by atoms with Crippen molar-refractivity contribution in [2.24, 2.45) is 10.2 Å². The molecule has 0 unspecified atom stereocenters. The molecule has 0 bridgehead atoms. The standard InChI is InChI=1S/C18H23N3/c1-4-21(5-2)17-12-10-16(11-13-17)14-19-20-18-9-7-6-8-15(18)3/h6-13H,4-5,14H2,1-3H3. The summed E-state index contributed by atoms with van der Waals surface area (Å²) >= 11 is 0. The van der Waals surface area contributed by atoms with Gasteiger partial charge in [-0.05, 0) is 50.1 Å². The largest absolute Gasteiger partial charge is 0.372 e. The van der Waals surface area contributed by atoms with E-state index in [4.69, 9.17) is 0 Å². The maximum Gasteiger partial charge on any atom is 0.0881 e. The molecule has 0 aliphatic heterocycles. The van der Waals surface area contributed by atoms with Gasteiger partial charge < -0.3 is 4.90 Å². The topological polar surface area (TPSA) is 28.0 Å². The first-order chi connectivity index (χ1) is 10.2. The van der Waals surface area contributed by atoms with Crippen LogP contribution in [0.5, 0.6) is 0 Å². The Kier molecular flexibility index (Phi) is 5.50. The van der Waals surface area contributed by atoms with Crippen LogP contribution >= 0.6 is 0 Å². The molecule has 0 saturated heterocycles. The monoisotopic (exact) mass is 281 g/mol. The number of azo groups is 1. The van der Waals surface area contributed by atoms with Gasteiger partial charge in [-0.1, -0.05) is 30.3 Å². The Balaban J connectivity index is 1.99. The lowest BCUT2D eigenvalue weighted by Crippen LogP contribution is -2.21. The van der Waals surface area contributed by atoms with E-state index in [9.17, 15) is 0 Å². The second kappa shape index (κ2) is 7.58. The van der Waals surface area contributed by atoms with Gasteiger partial charge in [-0.3, -0.25) is 0 Å². The summed E-state index contributed by atoms with van der Waals surface area (Å²) in [6, 6.07) is 16.6. The molecule has 21 heavy (non-hydrogen) atoms. The third kappa shape index (κ3) is 4.15. The van der Waals surface area contributed by atoms with E-state index < -0.39 is 0 Å². The van der Waals surface area contributed by atoms with Gasteiger partial charge in [-0.15, -0.1) is 0 Å². The van der Waals surface area contributed by atoms with Gasteiger partial charge in [0.1, 0.15) is 0 Å². The van der Waals surface area contributed by atoms with Crippen LogP contribution in [0.15, 0.2) is 58.8 Å². The van der Waals surface area contributed by atoms with Crippen molar-refractivity contribution in [1.82, 2.24) is 0 Å². The molecule has 0 N–H and O–H groups in total. The molecule has 2 aromatic carbocycles. The van der Waals surface area contributed by atoms with E-state index in [1.54, 1.807) is 0 Å². The molecule has 0 amide bonds. The predicted octanol–water partition coefficient (Wildman–Crippen LogP) is 5.13. The van der Waals surface area contributed by atoms with Gasteiger partial charge in [0.2, 0.25) is 0 Å². The quantitative estimate of drug-likeness (QED) is 0.675. The van der Waals surface area contributed by atoms with Crippen LogP contribution in [-0.4, -0.2) is 13.1 Å². The van der Waals surface area contributed by atoms with Gasteiger partial charge in [0.05, 0.1) is 12.2 Å². The van der Waals surface area contributed by atoms with Gasteiger partial charge in [-0.25, -0.2) is 0 Å². The maximum absolute atomic E-state index is 4.31. The smallest absolute Gasteiger partial charge is 0.0881 e. The van der Waals surface area contributed by atoms with Crippen molar-refractivity contribution >= 4 is 11.4 Å². The zero-order valence-electron chi connectivity index (χ0n) is 13.1. The fourth-order valence-corrected chi connectivity index (χ4v) is 2.27. The zero-order valence-corrected chi connectivity index (χ0v) is 13.1. The zero-order chi connectivity index (χ0) is 15.1. The maximum atomic E-state index is 4.31. The first-order valence-electron chi connectivity index (χ1n) is 7.51. The average Bonchev–Trinajstić information content (AvgIpc) is 2.52. The lowest BCUT2D eigenvalue weighted by molar-refractivity contribution is 0.864. The SMILES string of the molecule is CCN(CC)c1ccc(CN=Nc2ccccc2C)cc1. The first-order valence-corrected chi connectivity index (χ1v) is 7.51.